The first-order chi connectivity index (χ1) is 22.3. The maximum absolute atomic E-state index is 11.7. The van der Waals surface area contributed by atoms with Gasteiger partial charge >= 0.3 is 23.7 Å². The number of fused-ring (bicyclic) bond motifs is 1. The molecule has 0 radical (unpaired) electrons. The van der Waals surface area contributed by atoms with Gasteiger partial charge in [-0.3, -0.25) is 9.79 Å². The van der Waals surface area contributed by atoms with Crippen LogP contribution in [0.4, 0.5) is 10.5 Å². The molecule has 0 bridgehead atoms. The van der Waals surface area contributed by atoms with Crippen LogP contribution in [0.15, 0.2) is 99.1 Å². The van der Waals surface area contributed by atoms with Gasteiger partial charge in [-0.2, -0.15) is 0 Å². The predicted octanol–water partition coefficient (Wildman–Crippen LogP) is 2.74. The van der Waals surface area contributed by atoms with Crippen molar-refractivity contribution in [1.29, 1.82) is 0 Å². The quantitative estimate of drug-likeness (QED) is 0.0407. The summed E-state index contributed by atoms with van der Waals surface area (Å²) in [6, 6.07) is 23.2. The number of carboxylic acids is 2. The molecule has 47 heavy (non-hydrogen) atoms. The number of hydrogen-bond acceptors (Lipinski definition) is 9. The lowest BCUT2D eigenvalue weighted by Crippen LogP contribution is -2.42. The number of carboxylic acid groups (broad SMARTS) is 2. The molecule has 1 heterocycles. The number of benzene rings is 3. The van der Waals surface area contributed by atoms with Crippen molar-refractivity contribution in [2.45, 2.75) is 44.9 Å². The summed E-state index contributed by atoms with van der Waals surface area (Å²) in [6.07, 6.45) is 0.417. The minimum Gasteiger partial charge on any atom is -0.480 e. The number of aliphatic carboxylic acids is 2. The molecule has 2 unspecified atom stereocenters. The van der Waals surface area contributed by atoms with Crippen molar-refractivity contribution in [3.8, 4) is 0 Å². The maximum atomic E-state index is 11.7. The van der Waals surface area contributed by atoms with Gasteiger partial charge in [-0.1, -0.05) is 60.7 Å². The average molecular weight is 649 g/mol. The van der Waals surface area contributed by atoms with Crippen molar-refractivity contribution >= 4 is 40.6 Å². The molecule has 1 amide bonds. The van der Waals surface area contributed by atoms with Gasteiger partial charge in [0, 0.05) is 36.2 Å². The standard InChI is InChI=1S/C17H17NO4.C10H9NO2.C6H14N4O2/c19-16(20)15(11-13-7-3-1-4-8-13)18-17(21)22-12-14-9-5-2-6-10-14;1-6-4-10(12)13-9-5-7(11)2-3-8(6)9;7-4(5(11)12)2-1-3-10-6(8)9/h1-10,15H,11-12H2,(H,18,21)(H,19,20);2-5H,11H2,1H3;4H,1-3,7H2,(H,11,12)(H4,8,9,10). The van der Waals surface area contributed by atoms with E-state index in [1.165, 1.54) is 6.07 Å². The second kappa shape index (κ2) is 19.5. The lowest BCUT2D eigenvalue weighted by atomic mass is 10.1. The first kappa shape index (κ1) is 37.3. The fraction of sp³-hybridized carbons (Fsp3) is 0.242. The van der Waals surface area contributed by atoms with Gasteiger partial charge in [-0.15, -0.1) is 0 Å². The second-order valence-electron chi connectivity index (χ2n) is 10.2. The molecule has 0 spiro atoms. The number of nitrogens with zero attached hydrogens (tertiary/aromatic N) is 1. The first-order valence-corrected chi connectivity index (χ1v) is 14.4. The van der Waals surface area contributed by atoms with E-state index < -0.39 is 30.1 Å². The number of nitrogens with two attached hydrogens (primary N) is 4. The molecule has 1 aromatic heterocycles. The van der Waals surface area contributed by atoms with Crippen LogP contribution in [0.3, 0.4) is 0 Å². The highest BCUT2D eigenvalue weighted by molar-refractivity contribution is 5.82. The number of nitrogen functional groups attached to an aromatic ring is 1. The Morgan fingerprint density at radius 3 is 2.11 bits per heavy atom. The fourth-order valence-electron chi connectivity index (χ4n) is 3.94. The summed E-state index contributed by atoms with van der Waals surface area (Å²) in [6.45, 7) is 2.39. The summed E-state index contributed by atoms with van der Waals surface area (Å²) in [4.78, 5) is 47.9. The lowest BCUT2D eigenvalue weighted by molar-refractivity contribution is -0.140. The van der Waals surface area contributed by atoms with Crippen LogP contribution in [0.2, 0.25) is 0 Å². The molecule has 3 aromatic carbocycles. The van der Waals surface area contributed by atoms with Crippen molar-refractivity contribution in [3.63, 3.8) is 0 Å². The molecule has 2 atom stereocenters. The highest BCUT2D eigenvalue weighted by atomic mass is 16.5. The summed E-state index contributed by atoms with van der Waals surface area (Å²) < 4.78 is 10.0. The first-order valence-electron chi connectivity index (χ1n) is 14.4. The van der Waals surface area contributed by atoms with Crippen LogP contribution in [0.1, 0.15) is 29.5 Å². The van der Waals surface area contributed by atoms with E-state index >= 15 is 0 Å². The number of anilines is 1. The van der Waals surface area contributed by atoms with E-state index in [1.54, 1.807) is 12.1 Å². The Hall–Kier alpha value is -5.89. The molecule has 14 heteroatoms. The van der Waals surface area contributed by atoms with Crippen molar-refractivity contribution in [2.24, 2.45) is 22.2 Å². The van der Waals surface area contributed by atoms with Gasteiger partial charge < -0.3 is 47.6 Å². The molecule has 14 nitrogen and oxygen atoms in total. The Labute approximate surface area is 271 Å². The van der Waals surface area contributed by atoms with Crippen molar-refractivity contribution < 1.29 is 33.8 Å². The Bertz CT molecular complexity index is 1680. The average Bonchev–Trinajstić information content (AvgIpc) is 3.03. The number of aliphatic imine (C=N–C) groups is 1. The number of ether oxygens (including phenoxy) is 1. The summed E-state index contributed by atoms with van der Waals surface area (Å²) in [5.41, 5.74) is 24.3. The molecule has 250 valence electrons. The van der Waals surface area contributed by atoms with Crippen LogP contribution in [-0.4, -0.2) is 52.8 Å². The number of nitrogens with one attached hydrogen (secondary N) is 1. The largest absolute Gasteiger partial charge is 0.480 e. The zero-order valence-electron chi connectivity index (χ0n) is 25.9. The maximum Gasteiger partial charge on any atom is 0.408 e. The number of amides is 1. The number of carbonyl (C=O) groups is 3. The number of rotatable bonds is 11. The number of alkyl carbamates (subject to hydrolysis) is 1. The van der Waals surface area contributed by atoms with E-state index in [0.717, 1.165) is 22.1 Å². The zero-order valence-corrected chi connectivity index (χ0v) is 25.9. The van der Waals surface area contributed by atoms with E-state index in [1.807, 2.05) is 73.7 Å². The Morgan fingerprint density at radius 2 is 1.53 bits per heavy atom. The highest BCUT2D eigenvalue weighted by Crippen LogP contribution is 2.18. The molecule has 0 saturated carbocycles. The van der Waals surface area contributed by atoms with Crippen molar-refractivity contribution in [2.75, 3.05) is 12.3 Å². The van der Waals surface area contributed by atoms with Gasteiger partial charge in [0.05, 0.1) is 0 Å². The van der Waals surface area contributed by atoms with E-state index in [-0.39, 0.29) is 24.6 Å². The van der Waals surface area contributed by atoms with Crippen LogP contribution in [-0.2, 0) is 27.4 Å². The normalized spacial score (nSPS) is 11.4. The fourth-order valence-corrected chi connectivity index (χ4v) is 3.94. The van der Waals surface area contributed by atoms with Gasteiger partial charge in [0.25, 0.3) is 0 Å². The van der Waals surface area contributed by atoms with Gasteiger partial charge in [0.2, 0.25) is 0 Å². The Balaban J connectivity index is 0.000000263. The van der Waals surface area contributed by atoms with Crippen LogP contribution < -0.4 is 33.9 Å². The number of hydrogen-bond donors (Lipinski definition) is 7. The summed E-state index contributed by atoms with van der Waals surface area (Å²) in [5, 5.41) is 20.9. The molecule has 0 aliphatic rings. The van der Waals surface area contributed by atoms with E-state index in [0.29, 0.717) is 30.7 Å². The SMILES string of the molecule is Cc1cc(=O)oc2cc(N)ccc12.NC(N)=NCCCC(N)C(=O)O.O=C(NC(Cc1ccccc1)C(=O)O)OCc1ccccc1. The molecule has 4 rings (SSSR count). The van der Waals surface area contributed by atoms with E-state index in [2.05, 4.69) is 10.3 Å². The molecule has 11 N–H and O–H groups in total. The topological polar surface area (TPSA) is 260 Å². The van der Waals surface area contributed by atoms with Crippen LogP contribution >= 0.6 is 0 Å². The monoisotopic (exact) mass is 648 g/mol. The van der Waals surface area contributed by atoms with E-state index in [4.69, 9.17) is 37.2 Å². The van der Waals surface area contributed by atoms with Crippen LogP contribution in [0.5, 0.6) is 0 Å². The number of guanidine groups is 1. The number of carbonyl (C=O) groups excluding carboxylic acids is 1. The third-order valence-electron chi connectivity index (χ3n) is 6.35. The third kappa shape index (κ3) is 14.6. The van der Waals surface area contributed by atoms with Gasteiger partial charge in [0.1, 0.15) is 24.3 Å². The molecular weight excluding hydrogens is 608 g/mol. The second-order valence-corrected chi connectivity index (χ2v) is 10.2. The van der Waals surface area contributed by atoms with Crippen LogP contribution in [0, 0.1) is 6.92 Å². The summed E-state index contributed by atoms with van der Waals surface area (Å²) in [7, 11) is 0. The van der Waals surface area contributed by atoms with Crippen LogP contribution in [0.25, 0.3) is 11.0 Å². The number of aryl methyl sites for hydroxylation is 1. The smallest absolute Gasteiger partial charge is 0.408 e. The predicted molar refractivity (Wildman–Crippen MR) is 178 cm³/mol. The van der Waals surface area contributed by atoms with Gasteiger partial charge in [-0.05, 0) is 48.6 Å². The molecule has 4 aromatic rings. The molecule has 0 aliphatic carbocycles. The Kier molecular flexibility index (Phi) is 15.5. The molecular formula is C33H40N6O8. The Morgan fingerprint density at radius 1 is 0.915 bits per heavy atom. The van der Waals surface area contributed by atoms with Gasteiger partial charge in [-0.25, -0.2) is 14.4 Å². The minimum atomic E-state index is -1.10. The molecule has 0 aliphatic heterocycles. The van der Waals surface area contributed by atoms with Crippen molar-refractivity contribution in [3.05, 3.63) is 112 Å². The molecule has 0 fully saturated rings. The summed E-state index contributed by atoms with van der Waals surface area (Å²) >= 11 is 0. The third-order valence-corrected chi connectivity index (χ3v) is 6.35. The lowest BCUT2D eigenvalue weighted by Gasteiger charge is -2.14. The minimum absolute atomic E-state index is 0.0129. The van der Waals surface area contributed by atoms with E-state index in [9.17, 15) is 24.3 Å². The highest BCUT2D eigenvalue weighted by Gasteiger charge is 2.21. The summed E-state index contributed by atoms with van der Waals surface area (Å²) in [5.74, 6) is -2.08. The van der Waals surface area contributed by atoms with Crippen molar-refractivity contribution in [1.82, 2.24) is 5.32 Å². The zero-order chi connectivity index (χ0) is 34.8. The van der Waals surface area contributed by atoms with Gasteiger partial charge in [0.15, 0.2) is 5.96 Å². The molecule has 0 saturated heterocycles.